The zero-order valence-corrected chi connectivity index (χ0v) is 14.2. The Morgan fingerprint density at radius 3 is 2.56 bits per heavy atom. The molecule has 0 fully saturated rings. The molecule has 0 saturated carbocycles. The summed E-state index contributed by atoms with van der Waals surface area (Å²) in [5.74, 6) is 1.29. The lowest BCUT2D eigenvalue weighted by molar-refractivity contribution is -0.130. The highest BCUT2D eigenvalue weighted by atomic mass is 16.6. The molecule has 5 nitrogen and oxygen atoms in total. The maximum atomic E-state index is 12.1. The molecule has 1 heterocycles. The average Bonchev–Trinajstić information content (AvgIpc) is 3.00. The number of carbonyl (C=O) groups is 1. The van der Waals surface area contributed by atoms with Gasteiger partial charge in [0.2, 0.25) is 0 Å². The third kappa shape index (κ3) is 4.07. The molecule has 128 valence electrons. The molecule has 0 amide bonds. The normalized spacial score (nSPS) is 15.0. The number of hydrogen-bond acceptors (Lipinski definition) is 5. The number of benzene rings is 2. The molecule has 0 atom stereocenters. The first-order chi connectivity index (χ1) is 12.2. The fourth-order valence-electron chi connectivity index (χ4n) is 2.56. The molecule has 0 saturated heterocycles. The lowest BCUT2D eigenvalue weighted by Crippen LogP contribution is -2.05. The minimum atomic E-state index is -0.451. The van der Waals surface area contributed by atoms with E-state index < -0.39 is 5.97 Å². The lowest BCUT2D eigenvalue weighted by atomic mass is 10.1. The van der Waals surface area contributed by atoms with Gasteiger partial charge in [-0.2, -0.15) is 0 Å². The number of rotatable bonds is 6. The van der Waals surface area contributed by atoms with Gasteiger partial charge in [0.25, 0.3) is 0 Å². The largest absolute Gasteiger partial charge is 0.497 e. The third-order valence-electron chi connectivity index (χ3n) is 3.86. The van der Waals surface area contributed by atoms with Crippen molar-refractivity contribution in [2.75, 3.05) is 14.2 Å². The Hall–Kier alpha value is -3.08. The SMILES string of the molecule is COc1ccc(OC)c(/C=C2\N=C(CCc3ccccc3)OC2=O)c1. The van der Waals surface area contributed by atoms with E-state index in [1.807, 2.05) is 30.3 Å². The first-order valence-corrected chi connectivity index (χ1v) is 7.97. The Morgan fingerprint density at radius 1 is 1.04 bits per heavy atom. The van der Waals surface area contributed by atoms with Crippen LogP contribution in [-0.4, -0.2) is 26.1 Å². The van der Waals surface area contributed by atoms with E-state index in [0.717, 1.165) is 6.42 Å². The van der Waals surface area contributed by atoms with E-state index in [1.54, 1.807) is 38.5 Å². The minimum Gasteiger partial charge on any atom is -0.497 e. The molecule has 3 rings (SSSR count). The van der Waals surface area contributed by atoms with E-state index in [9.17, 15) is 4.79 Å². The lowest BCUT2D eigenvalue weighted by Gasteiger charge is -2.07. The van der Waals surface area contributed by atoms with Gasteiger partial charge in [-0.25, -0.2) is 9.79 Å². The number of aliphatic imine (C=N–C) groups is 1. The Morgan fingerprint density at radius 2 is 1.84 bits per heavy atom. The van der Waals surface area contributed by atoms with Crippen LogP contribution in [0.1, 0.15) is 17.5 Å². The number of aryl methyl sites for hydroxylation is 1. The van der Waals surface area contributed by atoms with Crippen molar-refractivity contribution in [3.05, 3.63) is 65.4 Å². The molecule has 1 aliphatic heterocycles. The second-order valence-electron chi connectivity index (χ2n) is 5.52. The molecule has 0 aromatic heterocycles. The van der Waals surface area contributed by atoms with Crippen molar-refractivity contribution >= 4 is 17.9 Å². The topological polar surface area (TPSA) is 57.1 Å². The fraction of sp³-hybridized carbons (Fsp3) is 0.200. The Bertz CT molecular complexity index is 825. The Labute approximate surface area is 146 Å². The molecular formula is C20H19NO4. The van der Waals surface area contributed by atoms with Crippen molar-refractivity contribution in [2.45, 2.75) is 12.8 Å². The van der Waals surface area contributed by atoms with Crippen molar-refractivity contribution < 1.29 is 19.0 Å². The zero-order chi connectivity index (χ0) is 17.6. The van der Waals surface area contributed by atoms with Gasteiger partial charge in [0, 0.05) is 12.0 Å². The Balaban J connectivity index is 1.79. The van der Waals surface area contributed by atoms with Crippen LogP contribution >= 0.6 is 0 Å². The summed E-state index contributed by atoms with van der Waals surface area (Å²) in [4.78, 5) is 16.4. The quantitative estimate of drug-likeness (QED) is 0.596. The van der Waals surface area contributed by atoms with Crippen LogP contribution in [0.25, 0.3) is 6.08 Å². The van der Waals surface area contributed by atoms with Gasteiger partial charge >= 0.3 is 5.97 Å². The van der Waals surface area contributed by atoms with Crippen LogP contribution in [0.4, 0.5) is 0 Å². The highest BCUT2D eigenvalue weighted by Gasteiger charge is 2.23. The predicted molar refractivity (Wildman–Crippen MR) is 95.8 cm³/mol. The second-order valence-corrected chi connectivity index (χ2v) is 5.52. The molecule has 0 aliphatic carbocycles. The summed E-state index contributed by atoms with van der Waals surface area (Å²) in [7, 11) is 3.16. The van der Waals surface area contributed by atoms with Gasteiger partial charge in [0.05, 0.1) is 14.2 Å². The summed E-state index contributed by atoms with van der Waals surface area (Å²) in [5.41, 5.74) is 2.14. The van der Waals surface area contributed by atoms with Crippen molar-refractivity contribution in [3.63, 3.8) is 0 Å². The van der Waals surface area contributed by atoms with Crippen molar-refractivity contribution in [1.29, 1.82) is 0 Å². The number of nitrogens with zero attached hydrogens (tertiary/aromatic N) is 1. The van der Waals surface area contributed by atoms with Crippen LogP contribution in [0.2, 0.25) is 0 Å². The molecule has 1 aliphatic rings. The maximum Gasteiger partial charge on any atom is 0.363 e. The number of ether oxygens (including phenoxy) is 3. The first kappa shape index (κ1) is 16.8. The number of carbonyl (C=O) groups excluding carboxylic acids is 1. The summed E-state index contributed by atoms with van der Waals surface area (Å²) in [6, 6.07) is 15.4. The molecule has 0 radical (unpaired) electrons. The molecule has 2 aromatic carbocycles. The molecule has 25 heavy (non-hydrogen) atoms. The minimum absolute atomic E-state index is 0.259. The zero-order valence-electron chi connectivity index (χ0n) is 14.2. The van der Waals surface area contributed by atoms with Gasteiger partial charge in [0.15, 0.2) is 11.6 Å². The number of hydrogen-bond donors (Lipinski definition) is 0. The van der Waals surface area contributed by atoms with E-state index in [4.69, 9.17) is 14.2 Å². The van der Waals surface area contributed by atoms with Crippen LogP contribution < -0.4 is 9.47 Å². The molecular weight excluding hydrogens is 318 g/mol. The molecule has 2 aromatic rings. The number of methoxy groups -OCH3 is 2. The summed E-state index contributed by atoms with van der Waals surface area (Å²) in [6.45, 7) is 0. The molecule has 0 N–H and O–H groups in total. The van der Waals surface area contributed by atoms with Gasteiger partial charge in [-0.1, -0.05) is 30.3 Å². The van der Waals surface area contributed by atoms with Crippen LogP contribution in [0.5, 0.6) is 11.5 Å². The number of cyclic esters (lactones) is 1. The van der Waals surface area contributed by atoms with E-state index in [0.29, 0.717) is 29.4 Å². The Kier molecular flexibility index (Phi) is 5.14. The van der Waals surface area contributed by atoms with Crippen LogP contribution in [0.15, 0.2) is 59.2 Å². The van der Waals surface area contributed by atoms with Gasteiger partial charge < -0.3 is 14.2 Å². The van der Waals surface area contributed by atoms with Gasteiger partial charge in [0.1, 0.15) is 11.5 Å². The second kappa shape index (κ2) is 7.66. The fourth-order valence-corrected chi connectivity index (χ4v) is 2.56. The molecule has 5 heteroatoms. The highest BCUT2D eigenvalue weighted by Crippen LogP contribution is 2.28. The summed E-state index contributed by atoms with van der Waals surface area (Å²) in [5, 5.41) is 0. The van der Waals surface area contributed by atoms with E-state index in [2.05, 4.69) is 4.99 Å². The van der Waals surface area contributed by atoms with Crippen molar-refractivity contribution in [3.8, 4) is 11.5 Å². The van der Waals surface area contributed by atoms with Gasteiger partial charge in [-0.3, -0.25) is 0 Å². The van der Waals surface area contributed by atoms with Gasteiger partial charge in [-0.05, 0) is 36.3 Å². The van der Waals surface area contributed by atoms with Crippen LogP contribution in [-0.2, 0) is 16.0 Å². The first-order valence-electron chi connectivity index (χ1n) is 7.97. The molecule has 0 bridgehead atoms. The van der Waals surface area contributed by atoms with Crippen molar-refractivity contribution in [1.82, 2.24) is 0 Å². The van der Waals surface area contributed by atoms with Gasteiger partial charge in [-0.15, -0.1) is 0 Å². The summed E-state index contributed by atoms with van der Waals surface area (Å²) in [6.07, 6.45) is 2.99. The number of esters is 1. The van der Waals surface area contributed by atoms with Crippen molar-refractivity contribution in [2.24, 2.45) is 4.99 Å². The summed E-state index contributed by atoms with van der Waals surface area (Å²) >= 11 is 0. The van der Waals surface area contributed by atoms with E-state index >= 15 is 0 Å². The van der Waals surface area contributed by atoms with E-state index in [-0.39, 0.29) is 5.70 Å². The van der Waals surface area contributed by atoms with Crippen LogP contribution in [0.3, 0.4) is 0 Å². The third-order valence-corrected chi connectivity index (χ3v) is 3.86. The molecule has 0 spiro atoms. The predicted octanol–water partition coefficient (Wildman–Crippen LogP) is 3.63. The van der Waals surface area contributed by atoms with E-state index in [1.165, 1.54) is 5.56 Å². The highest BCUT2D eigenvalue weighted by molar-refractivity contribution is 6.07. The monoisotopic (exact) mass is 337 g/mol. The smallest absolute Gasteiger partial charge is 0.363 e. The standard InChI is InChI=1S/C20H19NO4/c1-23-16-9-10-18(24-2)15(12-16)13-17-20(22)25-19(21-17)11-8-14-6-4-3-5-7-14/h3-7,9-10,12-13H,8,11H2,1-2H3/b17-13-. The molecule has 0 unspecified atom stereocenters. The average molecular weight is 337 g/mol. The summed E-state index contributed by atoms with van der Waals surface area (Å²) < 4.78 is 15.8. The van der Waals surface area contributed by atoms with Crippen LogP contribution in [0, 0.1) is 0 Å². The maximum absolute atomic E-state index is 12.1.